The molecule has 0 saturated carbocycles. The number of aromatic amines is 1. The van der Waals surface area contributed by atoms with Gasteiger partial charge in [0.25, 0.3) is 5.91 Å². The fourth-order valence-electron chi connectivity index (χ4n) is 2.94. The maximum atomic E-state index is 12.7. The third-order valence-corrected chi connectivity index (χ3v) is 4.42. The lowest BCUT2D eigenvalue weighted by molar-refractivity contribution is 0.0930. The van der Waals surface area contributed by atoms with Crippen molar-refractivity contribution < 1.29 is 9.32 Å². The van der Waals surface area contributed by atoms with Crippen molar-refractivity contribution in [3.8, 4) is 11.5 Å². The number of carbonyl (C=O) groups is 1. The fourth-order valence-corrected chi connectivity index (χ4v) is 2.94. The van der Waals surface area contributed by atoms with Gasteiger partial charge in [0.2, 0.25) is 0 Å². The van der Waals surface area contributed by atoms with E-state index in [4.69, 9.17) is 4.52 Å². The van der Waals surface area contributed by atoms with Crippen molar-refractivity contribution in [1.29, 1.82) is 0 Å². The normalized spacial score (nSPS) is 12.5. The van der Waals surface area contributed by atoms with Gasteiger partial charge >= 0.3 is 0 Å². The van der Waals surface area contributed by atoms with Crippen molar-refractivity contribution >= 4 is 28.2 Å². The first-order valence-corrected chi connectivity index (χ1v) is 8.66. The molecule has 0 aliphatic carbocycles. The van der Waals surface area contributed by atoms with Crippen LogP contribution in [0, 0.1) is 0 Å². The average Bonchev–Trinajstić information content (AvgIpc) is 3.45. The summed E-state index contributed by atoms with van der Waals surface area (Å²) in [4.78, 5) is 40.6. The Hall–Kier alpha value is -4.22. The quantitative estimate of drug-likeness (QED) is 0.460. The van der Waals surface area contributed by atoms with E-state index in [1.54, 1.807) is 37.1 Å². The number of nitrogens with zero attached hydrogens (tertiary/aromatic N) is 8. The lowest BCUT2D eigenvalue weighted by atomic mass is 10.2. The number of hydrogen-bond acceptors (Lipinski definition) is 9. The number of carbonyl (C=O) groups excluding carboxylic acids is 1. The Labute approximate surface area is 162 Å². The van der Waals surface area contributed by atoms with E-state index in [1.807, 2.05) is 0 Å². The molecule has 0 aromatic carbocycles. The van der Waals surface area contributed by atoms with Crippen LogP contribution >= 0.6 is 0 Å². The standard InChI is InChI=1S/C17H14N10O2/c1-8(23-17(28)13-12-16(21-6-19-13)27(2)7-22-12)11-3-9(26-29-11)15-24-10-4-18-5-20-14(10)25-15/h3-8H,1-2H3,(H,23,28)(H,18,20,24,25)/t8-/m1/s1. The molecule has 5 aromatic rings. The third-order valence-electron chi connectivity index (χ3n) is 4.42. The molecule has 0 bridgehead atoms. The number of aryl methyl sites for hydroxylation is 1. The molecule has 5 rings (SSSR count). The number of amides is 1. The van der Waals surface area contributed by atoms with E-state index in [9.17, 15) is 4.79 Å². The van der Waals surface area contributed by atoms with Crippen LogP contribution < -0.4 is 5.32 Å². The maximum absolute atomic E-state index is 12.7. The van der Waals surface area contributed by atoms with Gasteiger partial charge in [0.05, 0.1) is 18.6 Å². The molecular weight excluding hydrogens is 376 g/mol. The van der Waals surface area contributed by atoms with Crippen molar-refractivity contribution in [2.24, 2.45) is 7.05 Å². The highest BCUT2D eigenvalue weighted by Gasteiger charge is 2.21. The zero-order valence-corrected chi connectivity index (χ0v) is 15.4. The summed E-state index contributed by atoms with van der Waals surface area (Å²) in [6.07, 6.45) is 5.97. The van der Waals surface area contributed by atoms with E-state index in [0.29, 0.717) is 39.6 Å². The Morgan fingerprint density at radius 3 is 3.00 bits per heavy atom. The molecule has 12 nitrogen and oxygen atoms in total. The summed E-state index contributed by atoms with van der Waals surface area (Å²) in [7, 11) is 1.80. The maximum Gasteiger partial charge on any atom is 0.272 e. The van der Waals surface area contributed by atoms with Crippen LogP contribution in [0.3, 0.4) is 0 Å². The minimum Gasteiger partial charge on any atom is -0.358 e. The molecule has 0 aliphatic rings. The van der Waals surface area contributed by atoms with Gasteiger partial charge in [0, 0.05) is 13.1 Å². The highest BCUT2D eigenvalue weighted by Crippen LogP contribution is 2.22. The molecule has 5 aromatic heterocycles. The smallest absolute Gasteiger partial charge is 0.272 e. The highest BCUT2D eigenvalue weighted by atomic mass is 16.5. The monoisotopic (exact) mass is 390 g/mol. The molecule has 2 N–H and O–H groups in total. The van der Waals surface area contributed by atoms with Gasteiger partial charge in [-0.25, -0.2) is 29.9 Å². The van der Waals surface area contributed by atoms with E-state index < -0.39 is 6.04 Å². The Kier molecular flexibility index (Phi) is 3.76. The van der Waals surface area contributed by atoms with Gasteiger partial charge in [-0.3, -0.25) is 4.79 Å². The molecule has 0 unspecified atom stereocenters. The first kappa shape index (κ1) is 16.9. The molecule has 0 aliphatic heterocycles. The molecule has 5 heterocycles. The summed E-state index contributed by atoms with van der Waals surface area (Å²) in [6.45, 7) is 1.78. The van der Waals surface area contributed by atoms with Crippen LogP contribution in [-0.2, 0) is 7.05 Å². The molecular formula is C17H14N10O2. The van der Waals surface area contributed by atoms with Gasteiger partial charge in [0.15, 0.2) is 28.6 Å². The van der Waals surface area contributed by atoms with Crippen LogP contribution in [0.15, 0.2) is 35.8 Å². The van der Waals surface area contributed by atoms with Gasteiger partial charge < -0.3 is 19.4 Å². The molecule has 0 spiro atoms. The van der Waals surface area contributed by atoms with Crippen molar-refractivity contribution in [3.05, 3.63) is 42.7 Å². The molecule has 0 fully saturated rings. The van der Waals surface area contributed by atoms with Gasteiger partial charge in [-0.2, -0.15) is 0 Å². The molecule has 144 valence electrons. The Balaban J connectivity index is 1.38. The Morgan fingerprint density at radius 1 is 1.24 bits per heavy atom. The molecule has 0 saturated heterocycles. The van der Waals surface area contributed by atoms with E-state index in [1.165, 1.54) is 12.7 Å². The van der Waals surface area contributed by atoms with Gasteiger partial charge in [0.1, 0.15) is 29.4 Å². The number of fused-ring (bicyclic) bond motifs is 2. The van der Waals surface area contributed by atoms with E-state index in [-0.39, 0.29) is 11.6 Å². The van der Waals surface area contributed by atoms with Gasteiger partial charge in [-0.05, 0) is 6.92 Å². The Morgan fingerprint density at radius 2 is 2.14 bits per heavy atom. The first-order chi connectivity index (χ1) is 14.1. The van der Waals surface area contributed by atoms with Crippen molar-refractivity contribution in [2.75, 3.05) is 0 Å². The van der Waals surface area contributed by atoms with E-state index >= 15 is 0 Å². The molecule has 29 heavy (non-hydrogen) atoms. The van der Waals surface area contributed by atoms with Crippen LogP contribution in [0.2, 0.25) is 0 Å². The summed E-state index contributed by atoms with van der Waals surface area (Å²) in [5.74, 6) is 0.576. The third kappa shape index (κ3) is 2.86. The molecule has 1 amide bonds. The topological polar surface area (TPSA) is 153 Å². The van der Waals surface area contributed by atoms with Crippen LogP contribution in [0.5, 0.6) is 0 Å². The summed E-state index contributed by atoms with van der Waals surface area (Å²) in [5.41, 5.74) is 2.92. The second kappa shape index (κ2) is 6.44. The lowest BCUT2D eigenvalue weighted by Crippen LogP contribution is -2.27. The minimum absolute atomic E-state index is 0.193. The van der Waals surface area contributed by atoms with Crippen LogP contribution in [-0.4, -0.2) is 50.5 Å². The minimum atomic E-state index is -0.457. The molecule has 0 radical (unpaired) electrons. The zero-order valence-electron chi connectivity index (χ0n) is 15.4. The summed E-state index contributed by atoms with van der Waals surface area (Å²) in [6, 6.07) is 1.24. The fraction of sp³-hybridized carbons (Fsp3) is 0.176. The van der Waals surface area contributed by atoms with Gasteiger partial charge in [-0.15, -0.1) is 0 Å². The number of imidazole rings is 2. The zero-order chi connectivity index (χ0) is 20.0. The number of H-pyrrole nitrogens is 1. The van der Waals surface area contributed by atoms with Crippen molar-refractivity contribution in [3.63, 3.8) is 0 Å². The summed E-state index contributed by atoms with van der Waals surface area (Å²) >= 11 is 0. The lowest BCUT2D eigenvalue weighted by Gasteiger charge is -2.10. The number of hydrogen-bond donors (Lipinski definition) is 2. The predicted octanol–water partition coefficient (Wildman–Crippen LogP) is 1.18. The van der Waals surface area contributed by atoms with Crippen LogP contribution in [0.4, 0.5) is 0 Å². The van der Waals surface area contributed by atoms with E-state index in [2.05, 4.69) is 45.4 Å². The molecule has 12 heteroatoms. The van der Waals surface area contributed by atoms with Crippen molar-refractivity contribution in [2.45, 2.75) is 13.0 Å². The van der Waals surface area contributed by atoms with Crippen molar-refractivity contribution in [1.82, 2.24) is 49.9 Å². The highest BCUT2D eigenvalue weighted by molar-refractivity contribution is 6.02. The second-order valence-electron chi connectivity index (χ2n) is 6.41. The SMILES string of the molecule is C[C@@H](NC(=O)c1ncnc2c1ncn2C)c1cc(-c2nc3ncncc3[nH]2)no1. The summed E-state index contributed by atoms with van der Waals surface area (Å²) < 4.78 is 7.11. The number of nitrogens with one attached hydrogen (secondary N) is 2. The Bertz CT molecular complexity index is 1320. The number of aromatic nitrogens is 9. The van der Waals surface area contributed by atoms with E-state index in [0.717, 1.165) is 0 Å². The molecule has 1 atom stereocenters. The first-order valence-electron chi connectivity index (χ1n) is 8.66. The van der Waals surface area contributed by atoms with Crippen LogP contribution in [0.1, 0.15) is 29.2 Å². The summed E-state index contributed by atoms with van der Waals surface area (Å²) in [5, 5.41) is 6.87. The van der Waals surface area contributed by atoms with Gasteiger partial charge in [-0.1, -0.05) is 5.16 Å². The average molecular weight is 390 g/mol. The van der Waals surface area contributed by atoms with Crippen LogP contribution in [0.25, 0.3) is 33.8 Å². The predicted molar refractivity (Wildman–Crippen MR) is 99.4 cm³/mol. The largest absolute Gasteiger partial charge is 0.358 e. The second-order valence-corrected chi connectivity index (χ2v) is 6.41. The number of rotatable bonds is 4.